The number of carbonyl (C=O) groups is 3. The Kier molecular flexibility index (Phi) is 9.15. The molecule has 12 nitrogen and oxygen atoms in total. The zero-order valence-electron chi connectivity index (χ0n) is 24.0. The van der Waals surface area contributed by atoms with Gasteiger partial charge < -0.3 is 24.5 Å². The highest BCUT2D eigenvalue weighted by Gasteiger charge is 2.22. The van der Waals surface area contributed by atoms with Crippen LogP contribution in [0.25, 0.3) is 11.0 Å². The molecule has 0 aliphatic carbocycles. The lowest BCUT2D eigenvalue weighted by Gasteiger charge is -2.21. The number of anilines is 1. The first-order valence-electron chi connectivity index (χ1n) is 13.1. The number of pyridine rings is 1. The third kappa shape index (κ3) is 6.54. The largest absolute Gasteiger partial charge is 0.483 e. The van der Waals surface area contributed by atoms with Crippen LogP contribution in [0.1, 0.15) is 46.8 Å². The summed E-state index contributed by atoms with van der Waals surface area (Å²) in [5.74, 6) is 0.956. The normalized spacial score (nSPS) is 12.1. The van der Waals surface area contributed by atoms with Crippen LogP contribution >= 0.6 is 0 Å². The monoisotopic (exact) mass is 572 g/mol. The molecule has 0 aliphatic rings. The van der Waals surface area contributed by atoms with E-state index in [0.717, 1.165) is 11.1 Å². The summed E-state index contributed by atoms with van der Waals surface area (Å²) in [5.41, 5.74) is 9.12. The molecule has 0 fully saturated rings. The van der Waals surface area contributed by atoms with Crippen molar-refractivity contribution in [2.24, 2.45) is 17.8 Å². The van der Waals surface area contributed by atoms with Crippen molar-refractivity contribution in [1.29, 1.82) is 0 Å². The zero-order chi connectivity index (χ0) is 30.4. The molecule has 12 heteroatoms. The average Bonchev–Trinajstić information content (AvgIpc) is 3.33. The fourth-order valence-corrected chi connectivity index (χ4v) is 4.47. The van der Waals surface area contributed by atoms with E-state index in [1.54, 1.807) is 54.7 Å². The van der Waals surface area contributed by atoms with E-state index < -0.39 is 18.2 Å². The van der Waals surface area contributed by atoms with E-state index in [2.05, 4.69) is 14.7 Å². The fourth-order valence-electron chi connectivity index (χ4n) is 4.47. The molecule has 42 heavy (non-hydrogen) atoms. The molecule has 1 unspecified atom stereocenters. The number of rotatable bonds is 9. The highest BCUT2D eigenvalue weighted by molar-refractivity contribution is 6.07. The van der Waals surface area contributed by atoms with Gasteiger partial charge in [-0.05, 0) is 67.9 Å². The Hall–Kier alpha value is -5.26. The second-order valence-corrected chi connectivity index (χ2v) is 9.41. The van der Waals surface area contributed by atoms with Gasteiger partial charge in [0.1, 0.15) is 17.4 Å². The van der Waals surface area contributed by atoms with Crippen molar-refractivity contribution >= 4 is 40.7 Å². The van der Waals surface area contributed by atoms with E-state index in [0.29, 0.717) is 34.0 Å². The SMILES string of the molecule is COC(=O)CCN(C(=O)c1ccc2c(c1)nc(C(C)Oc1ccc(/C(N)=N\C(=O)OC)c(C)c1)n2C)c1ccccn1. The molecule has 2 N–H and O–H groups in total. The highest BCUT2D eigenvalue weighted by atomic mass is 16.5. The number of methoxy groups -OCH3 is 2. The number of amidine groups is 1. The maximum atomic E-state index is 13.6. The van der Waals surface area contributed by atoms with Crippen molar-refractivity contribution in [3.63, 3.8) is 0 Å². The maximum Gasteiger partial charge on any atom is 0.435 e. The molecule has 0 spiro atoms. The smallest absolute Gasteiger partial charge is 0.435 e. The van der Waals surface area contributed by atoms with E-state index in [9.17, 15) is 14.4 Å². The Balaban J connectivity index is 1.57. The van der Waals surface area contributed by atoms with Gasteiger partial charge in [-0.3, -0.25) is 14.5 Å². The van der Waals surface area contributed by atoms with Crippen LogP contribution < -0.4 is 15.4 Å². The Labute approximate surface area is 242 Å². The van der Waals surface area contributed by atoms with E-state index in [4.69, 9.17) is 20.2 Å². The zero-order valence-corrected chi connectivity index (χ0v) is 24.0. The fraction of sp³-hybridized carbons (Fsp3) is 0.267. The van der Waals surface area contributed by atoms with Gasteiger partial charge in [-0.15, -0.1) is 0 Å². The molecule has 0 radical (unpaired) electrons. The van der Waals surface area contributed by atoms with Crippen LogP contribution in [-0.4, -0.2) is 59.1 Å². The number of aromatic nitrogens is 3. The van der Waals surface area contributed by atoms with Gasteiger partial charge in [0, 0.05) is 30.9 Å². The third-order valence-corrected chi connectivity index (χ3v) is 6.64. The second kappa shape index (κ2) is 12.9. The lowest BCUT2D eigenvalue weighted by atomic mass is 10.1. The first-order chi connectivity index (χ1) is 20.1. The summed E-state index contributed by atoms with van der Waals surface area (Å²) in [6.45, 7) is 3.82. The molecule has 1 atom stereocenters. The van der Waals surface area contributed by atoms with Crippen LogP contribution in [0, 0.1) is 6.92 Å². The molecular weight excluding hydrogens is 540 g/mol. The standard InChI is InChI=1S/C30H32N6O6/c1-18-16-21(10-11-22(18)27(31)34-30(39)41-5)42-19(2)28-33-23-17-20(9-12-24(23)35(28)3)29(38)36(15-13-26(37)40-4)25-8-6-7-14-32-25/h6-12,14,16-17,19H,13,15H2,1-5H3,(H2,31,34,39). The van der Waals surface area contributed by atoms with Crippen LogP contribution in [0.5, 0.6) is 5.75 Å². The van der Waals surface area contributed by atoms with Crippen LogP contribution in [0.4, 0.5) is 10.6 Å². The van der Waals surface area contributed by atoms with E-state index in [-0.39, 0.29) is 24.7 Å². The Morgan fingerprint density at radius 1 is 1.07 bits per heavy atom. The minimum Gasteiger partial charge on any atom is -0.483 e. The molecule has 0 aliphatic heterocycles. The summed E-state index contributed by atoms with van der Waals surface area (Å²) in [7, 11) is 4.41. The molecule has 0 bridgehead atoms. The number of hydrogen-bond donors (Lipinski definition) is 1. The van der Waals surface area contributed by atoms with Crippen molar-refractivity contribution in [2.75, 3.05) is 25.7 Å². The second-order valence-electron chi connectivity index (χ2n) is 9.41. The molecule has 0 saturated heterocycles. The minimum absolute atomic E-state index is 0.0226. The number of imidazole rings is 1. The van der Waals surface area contributed by atoms with Gasteiger partial charge in [0.15, 0.2) is 11.9 Å². The van der Waals surface area contributed by atoms with Crippen molar-refractivity contribution in [2.45, 2.75) is 26.4 Å². The summed E-state index contributed by atoms with van der Waals surface area (Å²) in [6.07, 6.45) is 0.383. The van der Waals surface area contributed by atoms with Crippen LogP contribution in [0.15, 0.2) is 65.8 Å². The lowest BCUT2D eigenvalue weighted by Crippen LogP contribution is -2.33. The van der Waals surface area contributed by atoms with Gasteiger partial charge >= 0.3 is 12.1 Å². The molecule has 2 amide bonds. The Bertz CT molecular complexity index is 1650. The van der Waals surface area contributed by atoms with Crippen LogP contribution in [0.2, 0.25) is 0 Å². The number of carbonyl (C=O) groups excluding carboxylic acids is 3. The van der Waals surface area contributed by atoms with E-state index in [1.807, 2.05) is 31.5 Å². The van der Waals surface area contributed by atoms with Gasteiger partial charge in [-0.1, -0.05) is 6.07 Å². The summed E-state index contributed by atoms with van der Waals surface area (Å²) >= 11 is 0. The third-order valence-electron chi connectivity index (χ3n) is 6.64. The van der Waals surface area contributed by atoms with Gasteiger partial charge in [-0.2, -0.15) is 4.99 Å². The topological polar surface area (TPSA) is 151 Å². The molecular formula is C30H32N6O6. The summed E-state index contributed by atoms with van der Waals surface area (Å²) < 4.78 is 17.4. The van der Waals surface area contributed by atoms with Gasteiger partial charge in [0.25, 0.3) is 5.91 Å². The highest BCUT2D eigenvalue weighted by Crippen LogP contribution is 2.27. The predicted molar refractivity (Wildman–Crippen MR) is 157 cm³/mol. The lowest BCUT2D eigenvalue weighted by molar-refractivity contribution is -0.140. The van der Waals surface area contributed by atoms with Crippen molar-refractivity contribution in [1.82, 2.24) is 14.5 Å². The Morgan fingerprint density at radius 2 is 1.86 bits per heavy atom. The number of nitrogens with two attached hydrogens (primary N) is 1. The van der Waals surface area contributed by atoms with Crippen molar-refractivity contribution in [3.05, 3.63) is 83.3 Å². The predicted octanol–water partition coefficient (Wildman–Crippen LogP) is 4.10. The molecule has 2 aromatic heterocycles. The van der Waals surface area contributed by atoms with E-state index in [1.165, 1.54) is 19.1 Å². The van der Waals surface area contributed by atoms with Crippen LogP contribution in [0.3, 0.4) is 0 Å². The van der Waals surface area contributed by atoms with Gasteiger partial charge in [-0.25, -0.2) is 14.8 Å². The number of benzene rings is 2. The first kappa shape index (κ1) is 29.7. The van der Waals surface area contributed by atoms with Crippen LogP contribution in [-0.2, 0) is 21.3 Å². The van der Waals surface area contributed by atoms with Crippen molar-refractivity contribution < 1.29 is 28.6 Å². The minimum atomic E-state index is -0.779. The van der Waals surface area contributed by atoms with Crippen molar-refractivity contribution in [3.8, 4) is 5.75 Å². The molecule has 4 aromatic rings. The Morgan fingerprint density at radius 3 is 2.52 bits per heavy atom. The molecule has 4 rings (SSSR count). The summed E-state index contributed by atoms with van der Waals surface area (Å²) in [4.78, 5) is 51.0. The summed E-state index contributed by atoms with van der Waals surface area (Å²) in [6, 6.07) is 15.7. The molecule has 2 heterocycles. The molecule has 0 saturated carbocycles. The van der Waals surface area contributed by atoms with Gasteiger partial charge in [0.2, 0.25) is 0 Å². The summed E-state index contributed by atoms with van der Waals surface area (Å²) in [5, 5.41) is 0. The number of aryl methyl sites for hydroxylation is 2. The number of fused-ring (bicyclic) bond motifs is 1. The molecule has 218 valence electrons. The number of amides is 2. The number of hydrogen-bond acceptors (Lipinski definition) is 8. The maximum absolute atomic E-state index is 13.6. The number of nitrogens with zero attached hydrogens (tertiary/aromatic N) is 5. The van der Waals surface area contributed by atoms with Gasteiger partial charge in [0.05, 0.1) is 31.7 Å². The quantitative estimate of drug-likeness (QED) is 0.178. The van der Waals surface area contributed by atoms with E-state index >= 15 is 0 Å². The molecule has 2 aromatic carbocycles. The number of esters is 1. The average molecular weight is 573 g/mol. The number of ether oxygens (including phenoxy) is 3. The number of aliphatic imine (C=N–C) groups is 1. The first-order valence-corrected chi connectivity index (χ1v) is 13.1.